The molecule has 2 aromatic heterocycles. The summed E-state index contributed by atoms with van der Waals surface area (Å²) >= 11 is 0. The van der Waals surface area contributed by atoms with Crippen LogP contribution in [0.1, 0.15) is 352 Å². The standard InChI is InChI=1S/C132H151BN4/c1-121(2,3)85-52-48-80(49-53-85)99-74-93(129(25,26)27)76-101(84-66-91(127(19,20)21)71-92(67-84)128(22,23)24)119(99)136-113-78-95(134-109-46-39-37-42-97(109)98-43-38-40-47-110(98)134)58-60-107(113)133-108-61-59-96(135-111-62-56-87(123(7,8)9)72-102(111)103-73-88(124(10,11)12)57-63-112(103)135)79-114(108)137(116-69-83(68-115(136)118(116)133)82-64-89(125(13,14)15)70-90(65-82)126(16,17)18)120-100(81-50-54-86(55-51-81)122(4,5)6)75-94(130(28,29)30)77-104(120)117-105(131(31,32)33)44-41-45-106(117)132(34,35)36/h37-79H,1-36H3/i37D,38D,39D,40D,41D,42D,43D,44D,45D,46D,47D,48D,49D,50D,51D,52D,53D,54D,55D,66D,67D,71D,74D,75D,76D,77D. The molecule has 4 nitrogen and oxygen atoms in total. The first-order valence-corrected chi connectivity index (χ1v) is 48.6. The number of anilines is 6. The summed E-state index contributed by atoms with van der Waals surface area (Å²) in [5, 5.41) is 1.26. The molecule has 0 saturated carbocycles. The summed E-state index contributed by atoms with van der Waals surface area (Å²) in [6.07, 6.45) is 0. The van der Waals surface area contributed by atoms with E-state index >= 15 is 0 Å². The summed E-state index contributed by atoms with van der Waals surface area (Å²) in [7, 11) is 0. The van der Waals surface area contributed by atoms with Crippen molar-refractivity contribution in [2.45, 2.75) is 314 Å². The third kappa shape index (κ3) is 17.3. The molecule has 4 heterocycles. The lowest BCUT2D eigenvalue weighted by atomic mass is 9.33. The fourth-order valence-electron chi connectivity index (χ4n) is 19.2. The minimum Gasteiger partial charge on any atom is -0.310 e. The number of hydrogen-bond acceptors (Lipinski definition) is 2. The maximum Gasteiger partial charge on any atom is 0.252 e. The van der Waals surface area contributed by atoms with Crippen molar-refractivity contribution in [3.63, 3.8) is 0 Å². The van der Waals surface area contributed by atoms with Crippen LogP contribution in [0.25, 0.3) is 111 Å². The average molecular weight is 1830 g/mol. The van der Waals surface area contributed by atoms with E-state index in [1.54, 1.807) is 85.4 Å². The van der Waals surface area contributed by atoms with E-state index in [-0.39, 0.29) is 191 Å². The normalized spacial score (nSPS) is 16.6. The highest BCUT2D eigenvalue weighted by molar-refractivity contribution is 7.00. The number of para-hydroxylation sites is 2. The lowest BCUT2D eigenvalue weighted by Crippen LogP contribution is -2.61. The molecule has 0 unspecified atom stereocenters. The molecule has 16 aromatic rings. The Hall–Kier alpha value is -11.7. The SMILES string of the molecule is [2H]c1c([2H])c(C(C)(C)C)c(-c2c([2H])c(C(C)(C)C)c([2H])c(-c3c([2H])c([2H])c(C(C)(C)C)c([2H])c3[2H])c2N2c3cc(-n4c5ccc(C(C)(C)C)cc5c5cc(C(C)(C)C)ccc54)ccc3B3c4ccc(-n5c6c([2H])c([2H])c([2H])c([2H])c6c6c([2H])c([2H])c([2H])c([2H])c65)cc4N(c4c(-c5c([2H])c([2H])c(C(C)(C)C)c([2H])c5[2H])c([2H])c(C(C)(C)C)c([2H])c4-c4c([2H])c(C(C)(C)C)c([2H])c(C(C)(C)C)c4[2H])c4cc(-c5cc(C(C)(C)C)cc(C(C)(C)C)c5)cc2c43)c(C(C)(C)C)c1[2H]. The third-order valence-electron chi connectivity index (χ3n) is 27.4. The second kappa shape index (κ2) is 32.5. The minimum atomic E-state index is -1.37. The quantitative estimate of drug-likeness (QED) is 0.134. The molecule has 2 aliphatic heterocycles. The van der Waals surface area contributed by atoms with E-state index in [1.165, 1.54) is 4.57 Å². The molecule has 0 amide bonds. The van der Waals surface area contributed by atoms with Gasteiger partial charge in [-0.25, -0.2) is 0 Å². The molecule has 5 heteroatoms. The molecular formula is C132H151BN4. The largest absolute Gasteiger partial charge is 0.310 e. The van der Waals surface area contributed by atoms with Crippen molar-refractivity contribution in [2.24, 2.45) is 0 Å². The van der Waals surface area contributed by atoms with E-state index in [0.717, 1.165) is 44.1 Å². The van der Waals surface area contributed by atoms with Crippen molar-refractivity contribution in [1.29, 1.82) is 0 Å². The van der Waals surface area contributed by atoms with Crippen LogP contribution in [0.3, 0.4) is 0 Å². The van der Waals surface area contributed by atoms with Gasteiger partial charge in [0.25, 0.3) is 6.71 Å². The highest BCUT2D eigenvalue weighted by Gasteiger charge is 2.48. The van der Waals surface area contributed by atoms with Crippen molar-refractivity contribution in [3.8, 4) is 67.0 Å². The first-order valence-electron chi connectivity index (χ1n) is 61.6. The summed E-state index contributed by atoms with van der Waals surface area (Å²) in [6, 6.07) is 20.8. The summed E-state index contributed by atoms with van der Waals surface area (Å²) in [6.45, 7) is 68.4. The molecule has 14 aromatic carbocycles. The minimum absolute atomic E-state index is 0.00154. The van der Waals surface area contributed by atoms with Crippen LogP contribution < -0.4 is 26.2 Å². The van der Waals surface area contributed by atoms with E-state index in [0.29, 0.717) is 22.3 Å². The number of hydrogen-bond donors (Lipinski definition) is 0. The highest BCUT2D eigenvalue weighted by atomic mass is 15.2. The fraction of sp³-hybridized carbons (Fsp3) is 0.364. The van der Waals surface area contributed by atoms with Crippen molar-refractivity contribution >= 4 is 101 Å². The second-order valence-electron chi connectivity index (χ2n) is 50.8. The van der Waals surface area contributed by atoms with Crippen LogP contribution >= 0.6 is 0 Å². The Morgan fingerprint density at radius 1 is 0.219 bits per heavy atom. The number of nitrogens with zero attached hydrogens (tertiary/aromatic N) is 4. The molecule has 0 spiro atoms. The van der Waals surface area contributed by atoms with Gasteiger partial charge >= 0.3 is 0 Å². The van der Waals surface area contributed by atoms with Gasteiger partial charge in [0.2, 0.25) is 0 Å². The molecule has 0 N–H and O–H groups in total. The lowest BCUT2D eigenvalue weighted by molar-refractivity contribution is 0.568. The second-order valence-corrected chi connectivity index (χ2v) is 50.8. The molecule has 0 fully saturated rings. The van der Waals surface area contributed by atoms with E-state index in [9.17, 15) is 35.6 Å². The molecule has 18 rings (SSSR count). The number of benzene rings is 14. The van der Waals surface area contributed by atoms with Crippen LogP contribution in [0, 0.1) is 0 Å². The maximum absolute atomic E-state index is 12.2. The van der Waals surface area contributed by atoms with Crippen LogP contribution in [-0.2, 0) is 65.0 Å². The molecule has 0 atom stereocenters. The van der Waals surface area contributed by atoms with Crippen molar-refractivity contribution in [2.75, 3.05) is 9.80 Å². The fourth-order valence-corrected chi connectivity index (χ4v) is 19.2. The topological polar surface area (TPSA) is 16.3 Å². The van der Waals surface area contributed by atoms with Gasteiger partial charge in [0.1, 0.15) is 0 Å². The molecule has 0 aliphatic carbocycles. The van der Waals surface area contributed by atoms with Crippen LogP contribution in [0.15, 0.2) is 260 Å². The van der Waals surface area contributed by atoms with Gasteiger partial charge in [-0.05, 0) is 278 Å². The summed E-state index contributed by atoms with van der Waals surface area (Å²) in [4.78, 5) is 3.70. The van der Waals surface area contributed by atoms with Gasteiger partial charge < -0.3 is 18.9 Å². The van der Waals surface area contributed by atoms with Crippen LogP contribution in [0.4, 0.5) is 34.1 Å². The van der Waals surface area contributed by atoms with Crippen molar-refractivity contribution in [3.05, 3.63) is 327 Å². The van der Waals surface area contributed by atoms with Gasteiger partial charge in [-0.1, -0.05) is 413 Å². The Balaban J connectivity index is 1.25. The van der Waals surface area contributed by atoms with Gasteiger partial charge in [-0.3, -0.25) is 0 Å². The zero-order chi connectivity index (χ0) is 122. The first kappa shape index (κ1) is 68.4. The van der Waals surface area contributed by atoms with Crippen molar-refractivity contribution in [1.82, 2.24) is 9.13 Å². The molecule has 0 saturated heterocycles. The Kier molecular flexibility index (Phi) is 16.2. The van der Waals surface area contributed by atoms with Gasteiger partial charge in [-0.15, -0.1) is 0 Å². The predicted octanol–water partition coefficient (Wildman–Crippen LogP) is 35.9. The van der Waals surface area contributed by atoms with E-state index in [4.69, 9.17) is 0 Å². The molecule has 2 aliphatic rings. The monoisotopic (exact) mass is 1830 g/mol. The van der Waals surface area contributed by atoms with Gasteiger partial charge in [0, 0.05) is 77.9 Å². The van der Waals surface area contributed by atoms with Gasteiger partial charge in [-0.2, -0.15) is 0 Å². The number of aromatic nitrogens is 2. The smallest absolute Gasteiger partial charge is 0.252 e. The van der Waals surface area contributed by atoms with Gasteiger partial charge in [0.15, 0.2) is 0 Å². The van der Waals surface area contributed by atoms with E-state index in [1.807, 2.05) is 139 Å². The lowest BCUT2D eigenvalue weighted by Gasteiger charge is -2.46. The molecule has 702 valence electrons. The van der Waals surface area contributed by atoms with E-state index in [2.05, 4.69) is 142 Å². The van der Waals surface area contributed by atoms with Crippen LogP contribution in [-0.4, -0.2) is 15.8 Å². The third-order valence-corrected chi connectivity index (χ3v) is 27.4. The highest BCUT2D eigenvalue weighted by Crippen LogP contribution is 2.59. The number of rotatable bonds is 9. The van der Waals surface area contributed by atoms with Crippen LogP contribution in [0.2, 0.25) is 0 Å². The predicted molar refractivity (Wildman–Crippen MR) is 601 cm³/mol. The summed E-state index contributed by atoms with van der Waals surface area (Å²) < 4.78 is 284. The maximum atomic E-state index is 12.2. The van der Waals surface area contributed by atoms with E-state index < -0.39 is 199 Å². The average Bonchev–Trinajstić information content (AvgIpc) is 0.920. The summed E-state index contributed by atoms with van der Waals surface area (Å²) in [5.41, 5.74) is -5.97. The van der Waals surface area contributed by atoms with Crippen molar-refractivity contribution < 1.29 is 35.6 Å². The zero-order valence-corrected chi connectivity index (χ0v) is 87.7. The Bertz CT molecular complexity index is 8890. The Morgan fingerprint density at radius 3 is 0.912 bits per heavy atom. The number of fused-ring (bicyclic) bond motifs is 10. The Morgan fingerprint density at radius 2 is 0.547 bits per heavy atom. The molecule has 0 radical (unpaired) electrons. The molecular weight excluding hydrogens is 1650 g/mol. The first-order chi connectivity index (χ1) is 74.4. The molecule has 137 heavy (non-hydrogen) atoms. The van der Waals surface area contributed by atoms with Crippen LogP contribution in [0.5, 0.6) is 0 Å². The molecule has 0 bridgehead atoms. The van der Waals surface area contributed by atoms with Gasteiger partial charge in [0.05, 0.1) is 69.1 Å². The Labute approximate surface area is 859 Å². The zero-order valence-electron chi connectivity index (χ0n) is 114. The summed E-state index contributed by atoms with van der Waals surface area (Å²) in [5.74, 6) is 0.